The van der Waals surface area contributed by atoms with Crippen LogP contribution in [0.3, 0.4) is 0 Å². The van der Waals surface area contributed by atoms with Crippen molar-refractivity contribution in [3.8, 4) is 5.75 Å². The third-order valence-corrected chi connectivity index (χ3v) is 4.18. The van der Waals surface area contributed by atoms with Crippen LogP contribution < -0.4 is 15.4 Å². The van der Waals surface area contributed by atoms with E-state index in [4.69, 9.17) is 16.3 Å². The van der Waals surface area contributed by atoms with Crippen LogP contribution in [0, 0.1) is 0 Å². The number of ether oxygens (including phenoxy) is 1. The molecule has 27 heavy (non-hydrogen) atoms. The molecule has 0 aromatic heterocycles. The predicted octanol–water partition coefficient (Wildman–Crippen LogP) is 3.28. The molecule has 7 heteroatoms. The minimum absolute atomic E-state index is 0.150. The molecule has 0 saturated carbocycles. The lowest BCUT2D eigenvalue weighted by molar-refractivity contribution is 0.0950. The number of carbonyl (C=O) groups excluding carboxylic acids is 2. The molecule has 2 N–H and O–H groups in total. The molecule has 2 aromatic carbocycles. The number of rotatable bonds is 8. The molecule has 0 bridgehead atoms. The number of anilines is 1. The van der Waals surface area contributed by atoms with E-state index in [-0.39, 0.29) is 11.8 Å². The zero-order valence-corrected chi connectivity index (χ0v) is 16.5. The molecule has 2 amide bonds. The lowest BCUT2D eigenvalue weighted by Crippen LogP contribution is -2.27. The van der Waals surface area contributed by atoms with Gasteiger partial charge in [0, 0.05) is 23.4 Å². The highest BCUT2D eigenvalue weighted by atomic mass is 35.5. The fourth-order valence-corrected chi connectivity index (χ4v) is 2.68. The zero-order chi connectivity index (χ0) is 19.8. The third kappa shape index (κ3) is 6.27. The predicted molar refractivity (Wildman–Crippen MR) is 108 cm³/mol. The number of methoxy groups -OCH3 is 1. The van der Waals surface area contributed by atoms with E-state index in [1.54, 1.807) is 42.5 Å². The molecule has 0 atom stereocenters. The van der Waals surface area contributed by atoms with Crippen molar-refractivity contribution in [2.24, 2.45) is 0 Å². The number of benzene rings is 2. The van der Waals surface area contributed by atoms with Gasteiger partial charge in [-0.05, 0) is 69.5 Å². The van der Waals surface area contributed by atoms with Gasteiger partial charge in [-0.2, -0.15) is 0 Å². The number of nitrogens with one attached hydrogen (secondary N) is 2. The van der Waals surface area contributed by atoms with Crippen LogP contribution in [0.5, 0.6) is 5.75 Å². The lowest BCUT2D eigenvalue weighted by Gasteiger charge is -2.10. The molecule has 6 nitrogen and oxygen atoms in total. The van der Waals surface area contributed by atoms with Gasteiger partial charge in [0.25, 0.3) is 11.8 Å². The molecular formula is C20H24ClN3O3. The fraction of sp³-hybridized carbons (Fsp3) is 0.300. The lowest BCUT2D eigenvalue weighted by atomic mass is 10.1. The first-order valence-electron chi connectivity index (χ1n) is 8.58. The molecule has 0 aliphatic carbocycles. The minimum atomic E-state index is -0.283. The second-order valence-corrected chi connectivity index (χ2v) is 6.70. The Labute approximate surface area is 164 Å². The van der Waals surface area contributed by atoms with E-state index in [0.29, 0.717) is 34.1 Å². The molecule has 144 valence electrons. The molecule has 2 aromatic rings. The summed E-state index contributed by atoms with van der Waals surface area (Å²) in [7, 11) is 5.51. The Kier molecular flexibility index (Phi) is 7.64. The Morgan fingerprint density at radius 1 is 1.04 bits per heavy atom. The molecule has 0 unspecified atom stereocenters. The van der Waals surface area contributed by atoms with Crippen LogP contribution in [0.15, 0.2) is 42.5 Å². The third-order valence-electron chi connectivity index (χ3n) is 3.89. The summed E-state index contributed by atoms with van der Waals surface area (Å²) in [6, 6.07) is 11.5. The molecule has 0 spiro atoms. The van der Waals surface area contributed by atoms with Gasteiger partial charge in [-0.3, -0.25) is 9.59 Å². The number of hydrogen-bond donors (Lipinski definition) is 2. The van der Waals surface area contributed by atoms with Crippen molar-refractivity contribution in [1.82, 2.24) is 10.2 Å². The molecule has 0 aliphatic rings. The average Bonchev–Trinajstić information content (AvgIpc) is 2.65. The van der Waals surface area contributed by atoms with Crippen molar-refractivity contribution >= 4 is 29.1 Å². The second kappa shape index (κ2) is 9.94. The maximum atomic E-state index is 12.3. The zero-order valence-electron chi connectivity index (χ0n) is 15.7. The summed E-state index contributed by atoms with van der Waals surface area (Å²) in [5, 5.41) is 6.05. The number of halogens is 1. The van der Waals surface area contributed by atoms with Crippen molar-refractivity contribution in [3.63, 3.8) is 0 Å². The van der Waals surface area contributed by atoms with Gasteiger partial charge in [0.2, 0.25) is 0 Å². The number of amides is 2. The molecule has 2 rings (SSSR count). The Morgan fingerprint density at radius 2 is 1.67 bits per heavy atom. The van der Waals surface area contributed by atoms with E-state index in [0.717, 1.165) is 13.0 Å². The van der Waals surface area contributed by atoms with Crippen LogP contribution >= 0.6 is 11.6 Å². The van der Waals surface area contributed by atoms with Crippen LogP contribution in [0.1, 0.15) is 27.1 Å². The van der Waals surface area contributed by atoms with Crippen molar-refractivity contribution in [2.45, 2.75) is 6.42 Å². The van der Waals surface area contributed by atoms with E-state index in [1.165, 1.54) is 7.11 Å². The topological polar surface area (TPSA) is 70.7 Å². The SMILES string of the molecule is COc1ccc(NC(=O)c2ccc(C(=O)NCCCN(C)C)cc2)cc1Cl. The van der Waals surface area contributed by atoms with E-state index >= 15 is 0 Å². The quantitative estimate of drug-likeness (QED) is 0.680. The Morgan fingerprint density at radius 3 is 2.22 bits per heavy atom. The second-order valence-electron chi connectivity index (χ2n) is 6.29. The summed E-state index contributed by atoms with van der Waals surface area (Å²) in [4.78, 5) is 26.5. The van der Waals surface area contributed by atoms with Crippen LogP contribution in [0.25, 0.3) is 0 Å². The van der Waals surface area contributed by atoms with Crippen LogP contribution in [0.4, 0.5) is 5.69 Å². The molecule has 0 heterocycles. The van der Waals surface area contributed by atoms with Gasteiger partial charge in [0.05, 0.1) is 12.1 Å². The molecular weight excluding hydrogens is 366 g/mol. The average molecular weight is 390 g/mol. The highest BCUT2D eigenvalue weighted by Gasteiger charge is 2.10. The van der Waals surface area contributed by atoms with Gasteiger partial charge in [0.1, 0.15) is 5.75 Å². The van der Waals surface area contributed by atoms with E-state index in [1.807, 2.05) is 14.1 Å². The van der Waals surface area contributed by atoms with Crippen LogP contribution in [-0.2, 0) is 0 Å². The fourth-order valence-electron chi connectivity index (χ4n) is 2.42. The minimum Gasteiger partial charge on any atom is -0.495 e. The molecule has 0 aliphatic heterocycles. The first-order valence-corrected chi connectivity index (χ1v) is 8.96. The van der Waals surface area contributed by atoms with E-state index < -0.39 is 0 Å². The number of hydrogen-bond acceptors (Lipinski definition) is 4. The van der Waals surface area contributed by atoms with Crippen molar-refractivity contribution < 1.29 is 14.3 Å². The van der Waals surface area contributed by atoms with Crippen molar-refractivity contribution in [3.05, 3.63) is 58.6 Å². The van der Waals surface area contributed by atoms with Gasteiger partial charge >= 0.3 is 0 Å². The largest absolute Gasteiger partial charge is 0.495 e. The van der Waals surface area contributed by atoms with Crippen LogP contribution in [-0.4, -0.2) is 51.0 Å². The summed E-state index contributed by atoms with van der Waals surface area (Å²) in [5.41, 5.74) is 1.53. The maximum absolute atomic E-state index is 12.3. The first-order chi connectivity index (χ1) is 12.9. The summed E-state index contributed by atoms with van der Waals surface area (Å²) in [6.07, 6.45) is 0.879. The van der Waals surface area contributed by atoms with Gasteiger partial charge in [-0.15, -0.1) is 0 Å². The van der Waals surface area contributed by atoms with Gasteiger partial charge in [-0.25, -0.2) is 0 Å². The molecule has 0 radical (unpaired) electrons. The summed E-state index contributed by atoms with van der Waals surface area (Å²) < 4.78 is 5.09. The monoisotopic (exact) mass is 389 g/mol. The summed E-state index contributed by atoms with van der Waals surface area (Å²) in [5.74, 6) is 0.104. The van der Waals surface area contributed by atoms with E-state index in [9.17, 15) is 9.59 Å². The standard InChI is InChI=1S/C20H24ClN3O3/c1-24(2)12-4-11-22-19(25)14-5-7-15(8-6-14)20(26)23-16-9-10-18(27-3)17(21)13-16/h5-10,13H,4,11-12H2,1-3H3,(H,22,25)(H,23,26). The van der Waals surface area contributed by atoms with Gasteiger partial charge in [0.15, 0.2) is 0 Å². The maximum Gasteiger partial charge on any atom is 0.255 e. The summed E-state index contributed by atoms with van der Waals surface area (Å²) in [6.45, 7) is 1.52. The van der Waals surface area contributed by atoms with Crippen LogP contribution in [0.2, 0.25) is 5.02 Å². The van der Waals surface area contributed by atoms with E-state index in [2.05, 4.69) is 15.5 Å². The smallest absolute Gasteiger partial charge is 0.255 e. The number of carbonyl (C=O) groups is 2. The normalized spacial score (nSPS) is 10.6. The molecule has 0 saturated heterocycles. The van der Waals surface area contributed by atoms with Gasteiger partial charge < -0.3 is 20.3 Å². The highest BCUT2D eigenvalue weighted by Crippen LogP contribution is 2.27. The Balaban J connectivity index is 1.93. The first kappa shape index (κ1) is 20.7. The van der Waals surface area contributed by atoms with Crippen molar-refractivity contribution in [1.29, 1.82) is 0 Å². The Hall–Kier alpha value is -2.57. The summed E-state index contributed by atoms with van der Waals surface area (Å²) >= 11 is 6.06. The van der Waals surface area contributed by atoms with Crippen molar-refractivity contribution in [2.75, 3.05) is 39.6 Å². The molecule has 0 fully saturated rings. The Bertz CT molecular complexity index is 792. The van der Waals surface area contributed by atoms with Gasteiger partial charge in [-0.1, -0.05) is 11.6 Å². The number of nitrogens with zero attached hydrogens (tertiary/aromatic N) is 1. The highest BCUT2D eigenvalue weighted by molar-refractivity contribution is 6.32.